The van der Waals surface area contributed by atoms with Crippen LogP contribution in [-0.4, -0.2) is 75.5 Å². The number of rotatable bonds is 49. The molecule has 0 aromatic heterocycles. The van der Waals surface area contributed by atoms with Gasteiger partial charge in [-0.2, -0.15) is 0 Å². The number of ether oxygens (including phenoxy) is 3. The Morgan fingerprint density at radius 1 is 0.448 bits per heavy atom. The van der Waals surface area contributed by atoms with Crippen molar-refractivity contribution in [3.8, 4) is 0 Å². The molecule has 0 aromatic carbocycles. The molecule has 0 aliphatic heterocycles. The van der Waals surface area contributed by atoms with Crippen LogP contribution in [0.2, 0.25) is 0 Å². The van der Waals surface area contributed by atoms with E-state index in [1.807, 2.05) is 0 Å². The summed E-state index contributed by atoms with van der Waals surface area (Å²) in [4.78, 5) is 37.1. The van der Waals surface area contributed by atoms with Crippen LogP contribution in [0, 0.1) is 0 Å². The fourth-order valence-electron chi connectivity index (χ4n) is 7.93. The SMILES string of the molecule is CC/C=C/C/C=C/C/C=C/C/C=C/CCCCCCCCCCCC(=O)OC(COCCC(C(=O)[O-])[N+](C)(C)C)COC(=O)CCCCCCCCCCCCCCCC/C=C/C/C=C/CC. The maximum Gasteiger partial charge on any atom is 0.306 e. The number of carboxylic acids is 1. The number of nitrogens with zero attached hydrogens (tertiary/aromatic N) is 1. The van der Waals surface area contributed by atoms with Gasteiger partial charge >= 0.3 is 11.9 Å². The molecule has 67 heavy (non-hydrogen) atoms. The first-order chi connectivity index (χ1) is 32.6. The molecule has 0 amide bonds. The van der Waals surface area contributed by atoms with Crippen LogP contribution in [0.4, 0.5) is 0 Å². The molecule has 8 heteroatoms. The van der Waals surface area contributed by atoms with Crippen LogP contribution >= 0.6 is 0 Å². The Morgan fingerprint density at radius 2 is 0.791 bits per heavy atom. The third-order valence-corrected chi connectivity index (χ3v) is 12.1. The Balaban J connectivity index is 4.20. The zero-order valence-corrected chi connectivity index (χ0v) is 44.1. The van der Waals surface area contributed by atoms with Gasteiger partial charge in [0.05, 0.1) is 40.3 Å². The van der Waals surface area contributed by atoms with E-state index in [1.54, 1.807) is 21.1 Å². The fourth-order valence-corrected chi connectivity index (χ4v) is 7.93. The summed E-state index contributed by atoms with van der Waals surface area (Å²) in [6.45, 7) is 4.47. The van der Waals surface area contributed by atoms with Crippen molar-refractivity contribution in [3.05, 3.63) is 72.9 Å². The Labute approximate surface area is 412 Å². The van der Waals surface area contributed by atoms with Crippen molar-refractivity contribution in [2.24, 2.45) is 0 Å². The van der Waals surface area contributed by atoms with E-state index in [2.05, 4.69) is 86.8 Å². The second-order valence-corrected chi connectivity index (χ2v) is 19.4. The Kier molecular flexibility index (Phi) is 46.8. The summed E-state index contributed by atoms with van der Waals surface area (Å²) in [5.41, 5.74) is 0. The summed E-state index contributed by atoms with van der Waals surface area (Å²) in [5, 5.41) is 11.7. The van der Waals surface area contributed by atoms with E-state index in [0.717, 1.165) is 83.5 Å². The topological polar surface area (TPSA) is 102 Å². The molecular formula is C59H103NO7. The average Bonchev–Trinajstić information content (AvgIpc) is 3.29. The van der Waals surface area contributed by atoms with Crippen molar-refractivity contribution in [3.63, 3.8) is 0 Å². The van der Waals surface area contributed by atoms with Gasteiger partial charge < -0.3 is 28.6 Å². The molecule has 0 bridgehead atoms. The standard InChI is InChI=1S/C59H103NO7/c1-6-8-10-12-14-16-18-20-22-24-26-28-30-32-34-36-38-40-42-44-46-48-50-58(62)67-55(53-65-52-51-56(59(63)64)60(3,4)5)54-66-57(61)49-47-45-43-41-39-37-35-33-31-29-27-25-23-21-19-17-15-13-11-9-7-2/h8-11,14-17,20,22,26,28,55-56H,6-7,12-13,18-19,21,23-25,27,29-54H2,1-5H3/b10-8+,11-9+,16-14+,17-15+,22-20+,28-26+. The van der Waals surface area contributed by atoms with Crippen LogP contribution < -0.4 is 5.11 Å². The summed E-state index contributed by atoms with van der Waals surface area (Å²) < 4.78 is 17.3. The van der Waals surface area contributed by atoms with Crippen LogP contribution in [0.1, 0.15) is 232 Å². The zero-order valence-electron chi connectivity index (χ0n) is 44.1. The van der Waals surface area contributed by atoms with Crippen molar-refractivity contribution >= 4 is 17.9 Å². The zero-order chi connectivity index (χ0) is 49.2. The number of aliphatic carboxylic acids is 1. The number of likely N-dealkylation sites (N-methyl/N-ethyl adjacent to an activating group) is 1. The van der Waals surface area contributed by atoms with Crippen molar-refractivity contribution in [1.82, 2.24) is 0 Å². The number of carbonyl (C=O) groups is 3. The minimum absolute atomic E-state index is 0.0369. The monoisotopic (exact) mass is 938 g/mol. The number of hydrogen-bond acceptors (Lipinski definition) is 7. The third-order valence-electron chi connectivity index (χ3n) is 12.1. The summed E-state index contributed by atoms with van der Waals surface area (Å²) in [6.07, 6.45) is 63.6. The summed E-state index contributed by atoms with van der Waals surface area (Å²) in [6, 6.07) is -0.730. The number of carboxylic acid groups (broad SMARTS) is 1. The van der Waals surface area contributed by atoms with Gasteiger partial charge in [-0.3, -0.25) is 9.59 Å². The van der Waals surface area contributed by atoms with Crippen LogP contribution in [0.5, 0.6) is 0 Å². The number of hydrogen-bond donors (Lipinski definition) is 0. The molecule has 0 radical (unpaired) electrons. The van der Waals surface area contributed by atoms with E-state index in [0.29, 0.717) is 12.8 Å². The molecule has 0 aliphatic rings. The maximum atomic E-state index is 12.8. The Hall–Kier alpha value is -3.23. The highest BCUT2D eigenvalue weighted by Crippen LogP contribution is 2.16. The van der Waals surface area contributed by atoms with Crippen LogP contribution in [-0.2, 0) is 28.6 Å². The highest BCUT2D eigenvalue weighted by Gasteiger charge is 2.25. The highest BCUT2D eigenvalue weighted by molar-refractivity contribution is 5.70. The van der Waals surface area contributed by atoms with Gasteiger partial charge in [0.2, 0.25) is 0 Å². The van der Waals surface area contributed by atoms with Crippen LogP contribution in [0.3, 0.4) is 0 Å². The van der Waals surface area contributed by atoms with Gasteiger partial charge in [-0.25, -0.2) is 0 Å². The van der Waals surface area contributed by atoms with Gasteiger partial charge in [-0.15, -0.1) is 0 Å². The van der Waals surface area contributed by atoms with Crippen molar-refractivity contribution in [2.75, 3.05) is 41.0 Å². The Bertz CT molecular complexity index is 1320. The van der Waals surface area contributed by atoms with Crippen molar-refractivity contribution in [2.45, 2.75) is 244 Å². The summed E-state index contributed by atoms with van der Waals surface area (Å²) in [5.74, 6) is -1.74. The van der Waals surface area contributed by atoms with E-state index >= 15 is 0 Å². The molecule has 0 N–H and O–H groups in total. The normalized spacial score (nSPS) is 13.4. The smallest absolute Gasteiger partial charge is 0.306 e. The first-order valence-electron chi connectivity index (χ1n) is 27.5. The molecule has 8 nitrogen and oxygen atoms in total. The molecule has 0 saturated carbocycles. The number of allylic oxidation sites excluding steroid dienone is 12. The first-order valence-corrected chi connectivity index (χ1v) is 27.5. The number of unbranched alkanes of at least 4 members (excludes halogenated alkanes) is 23. The molecule has 0 aromatic rings. The maximum absolute atomic E-state index is 12.8. The molecule has 2 atom stereocenters. The highest BCUT2D eigenvalue weighted by atomic mass is 16.6. The molecule has 0 rings (SSSR count). The van der Waals surface area contributed by atoms with Crippen LogP contribution in [0.15, 0.2) is 72.9 Å². The predicted octanol–water partition coefficient (Wildman–Crippen LogP) is 14.9. The third kappa shape index (κ3) is 47.6. The van der Waals surface area contributed by atoms with E-state index < -0.39 is 18.1 Å². The lowest BCUT2D eigenvalue weighted by Crippen LogP contribution is -2.55. The van der Waals surface area contributed by atoms with Gasteiger partial charge in [0.1, 0.15) is 12.6 Å². The molecule has 0 spiro atoms. The average molecular weight is 938 g/mol. The second kappa shape index (κ2) is 49.2. The molecule has 0 heterocycles. The molecule has 0 aliphatic carbocycles. The number of quaternary nitrogens is 1. The minimum Gasteiger partial charge on any atom is -0.544 e. The first kappa shape index (κ1) is 63.8. The van der Waals surface area contributed by atoms with E-state index in [1.165, 1.54) is 116 Å². The van der Waals surface area contributed by atoms with Crippen LogP contribution in [0.25, 0.3) is 0 Å². The molecular weight excluding hydrogens is 835 g/mol. The lowest BCUT2D eigenvalue weighted by atomic mass is 10.0. The van der Waals surface area contributed by atoms with Crippen molar-refractivity contribution in [1.29, 1.82) is 0 Å². The van der Waals surface area contributed by atoms with E-state index in [4.69, 9.17) is 14.2 Å². The second-order valence-electron chi connectivity index (χ2n) is 19.4. The van der Waals surface area contributed by atoms with E-state index in [9.17, 15) is 19.5 Å². The van der Waals surface area contributed by atoms with Gasteiger partial charge in [0.15, 0.2) is 6.10 Å². The molecule has 0 saturated heterocycles. The lowest BCUT2D eigenvalue weighted by molar-refractivity contribution is -0.889. The largest absolute Gasteiger partial charge is 0.544 e. The van der Waals surface area contributed by atoms with Gasteiger partial charge in [-0.1, -0.05) is 209 Å². The minimum atomic E-state index is -1.13. The van der Waals surface area contributed by atoms with E-state index in [-0.39, 0.29) is 42.7 Å². The molecule has 2 unspecified atom stereocenters. The summed E-state index contributed by atoms with van der Waals surface area (Å²) >= 11 is 0. The molecule has 0 fully saturated rings. The number of esters is 2. The van der Waals surface area contributed by atoms with Gasteiger partial charge in [0, 0.05) is 19.3 Å². The lowest BCUT2D eigenvalue weighted by Gasteiger charge is -2.34. The quantitative estimate of drug-likeness (QED) is 0.0259. The predicted molar refractivity (Wildman–Crippen MR) is 282 cm³/mol. The number of carbonyl (C=O) groups excluding carboxylic acids is 3. The molecule has 386 valence electrons. The Morgan fingerprint density at radius 3 is 1.16 bits per heavy atom. The van der Waals surface area contributed by atoms with Crippen molar-refractivity contribution < 1.29 is 38.2 Å². The van der Waals surface area contributed by atoms with Gasteiger partial charge in [0.25, 0.3) is 0 Å². The fraction of sp³-hybridized carbons (Fsp3) is 0.746. The van der Waals surface area contributed by atoms with Gasteiger partial charge in [-0.05, 0) is 77.0 Å². The summed E-state index contributed by atoms with van der Waals surface area (Å²) in [7, 11) is 5.42.